The van der Waals surface area contributed by atoms with Crippen molar-refractivity contribution < 1.29 is 19.0 Å². The Morgan fingerprint density at radius 1 is 1.05 bits per heavy atom. The van der Waals surface area contributed by atoms with Gasteiger partial charge in [0.15, 0.2) is 0 Å². The third-order valence-electron chi connectivity index (χ3n) is 2.72. The molecule has 0 saturated carbocycles. The molecular formula is C15H23NO4. The SMILES string of the molecule is COCCCNC(=O)CCCOc1ccc(OC)cc1. The van der Waals surface area contributed by atoms with Crippen LogP contribution in [0.1, 0.15) is 19.3 Å². The number of ether oxygens (including phenoxy) is 3. The maximum atomic E-state index is 11.5. The number of amides is 1. The van der Waals surface area contributed by atoms with Gasteiger partial charge in [0.05, 0.1) is 13.7 Å². The molecule has 20 heavy (non-hydrogen) atoms. The Morgan fingerprint density at radius 3 is 2.40 bits per heavy atom. The van der Waals surface area contributed by atoms with Gasteiger partial charge in [0.1, 0.15) is 11.5 Å². The molecule has 0 atom stereocenters. The number of hydrogen-bond acceptors (Lipinski definition) is 4. The molecule has 0 bridgehead atoms. The molecule has 0 aliphatic rings. The lowest BCUT2D eigenvalue weighted by Gasteiger charge is -2.07. The van der Waals surface area contributed by atoms with E-state index in [1.165, 1.54) is 0 Å². The molecule has 0 saturated heterocycles. The van der Waals surface area contributed by atoms with E-state index in [9.17, 15) is 4.79 Å². The monoisotopic (exact) mass is 281 g/mol. The van der Waals surface area contributed by atoms with Gasteiger partial charge >= 0.3 is 0 Å². The molecule has 0 spiro atoms. The normalized spacial score (nSPS) is 10.1. The van der Waals surface area contributed by atoms with Gasteiger partial charge in [-0.05, 0) is 37.1 Å². The van der Waals surface area contributed by atoms with Crippen LogP contribution in [0.25, 0.3) is 0 Å². The van der Waals surface area contributed by atoms with E-state index in [4.69, 9.17) is 14.2 Å². The first kappa shape index (κ1) is 16.3. The van der Waals surface area contributed by atoms with Gasteiger partial charge in [0.2, 0.25) is 5.91 Å². The van der Waals surface area contributed by atoms with Crippen molar-refractivity contribution in [2.75, 3.05) is 34.0 Å². The van der Waals surface area contributed by atoms with E-state index in [2.05, 4.69) is 5.32 Å². The van der Waals surface area contributed by atoms with Crippen molar-refractivity contribution in [2.45, 2.75) is 19.3 Å². The molecule has 1 aromatic rings. The average molecular weight is 281 g/mol. The van der Waals surface area contributed by atoms with Crippen molar-refractivity contribution in [3.8, 4) is 11.5 Å². The molecule has 1 aromatic carbocycles. The maximum Gasteiger partial charge on any atom is 0.220 e. The molecule has 112 valence electrons. The van der Waals surface area contributed by atoms with Gasteiger partial charge in [-0.2, -0.15) is 0 Å². The summed E-state index contributed by atoms with van der Waals surface area (Å²) >= 11 is 0. The summed E-state index contributed by atoms with van der Waals surface area (Å²) in [5, 5.41) is 2.84. The van der Waals surface area contributed by atoms with E-state index in [0.29, 0.717) is 32.6 Å². The first-order valence-corrected chi connectivity index (χ1v) is 6.78. The van der Waals surface area contributed by atoms with Crippen LogP contribution < -0.4 is 14.8 Å². The van der Waals surface area contributed by atoms with Crippen molar-refractivity contribution in [1.29, 1.82) is 0 Å². The molecule has 0 aliphatic heterocycles. The van der Waals surface area contributed by atoms with Gasteiger partial charge < -0.3 is 19.5 Å². The highest BCUT2D eigenvalue weighted by atomic mass is 16.5. The summed E-state index contributed by atoms with van der Waals surface area (Å²) in [4.78, 5) is 11.5. The molecule has 1 N–H and O–H groups in total. The molecule has 5 nitrogen and oxygen atoms in total. The molecule has 0 heterocycles. The van der Waals surface area contributed by atoms with Gasteiger partial charge in [-0.25, -0.2) is 0 Å². The van der Waals surface area contributed by atoms with Crippen molar-refractivity contribution in [2.24, 2.45) is 0 Å². The smallest absolute Gasteiger partial charge is 0.220 e. The minimum atomic E-state index is 0.0550. The Balaban J connectivity index is 2.07. The summed E-state index contributed by atoms with van der Waals surface area (Å²) in [5.74, 6) is 1.64. The quantitative estimate of drug-likeness (QED) is 0.667. The van der Waals surface area contributed by atoms with Gasteiger partial charge in [0.25, 0.3) is 0 Å². The number of rotatable bonds is 10. The van der Waals surface area contributed by atoms with Crippen LogP contribution in [0, 0.1) is 0 Å². The molecule has 0 aliphatic carbocycles. The first-order chi connectivity index (χ1) is 9.76. The molecule has 1 rings (SSSR count). The summed E-state index contributed by atoms with van der Waals surface area (Å²) in [6, 6.07) is 7.39. The third kappa shape index (κ3) is 6.99. The number of hydrogen-bond donors (Lipinski definition) is 1. The van der Waals surface area contributed by atoms with E-state index >= 15 is 0 Å². The van der Waals surface area contributed by atoms with Crippen molar-refractivity contribution in [3.05, 3.63) is 24.3 Å². The second kappa shape index (κ2) is 10.1. The van der Waals surface area contributed by atoms with E-state index < -0.39 is 0 Å². The standard InChI is InChI=1S/C15H23NO4/c1-18-11-4-10-16-15(17)5-3-12-20-14-8-6-13(19-2)7-9-14/h6-9H,3-5,10-12H2,1-2H3,(H,16,17). The molecule has 0 unspecified atom stereocenters. The minimum Gasteiger partial charge on any atom is -0.497 e. The number of nitrogens with one attached hydrogen (secondary N) is 1. The maximum absolute atomic E-state index is 11.5. The van der Waals surface area contributed by atoms with Crippen LogP contribution in [-0.2, 0) is 9.53 Å². The highest BCUT2D eigenvalue weighted by Crippen LogP contribution is 2.17. The Morgan fingerprint density at radius 2 is 1.75 bits per heavy atom. The zero-order valence-electron chi connectivity index (χ0n) is 12.2. The Labute approximate surface area is 120 Å². The van der Waals surface area contributed by atoms with Crippen LogP contribution in [-0.4, -0.2) is 39.9 Å². The number of carbonyl (C=O) groups is 1. The predicted molar refractivity (Wildman–Crippen MR) is 77.2 cm³/mol. The van der Waals surface area contributed by atoms with Gasteiger partial charge in [-0.15, -0.1) is 0 Å². The van der Waals surface area contributed by atoms with Crippen LogP contribution in [0.2, 0.25) is 0 Å². The fourth-order valence-electron chi connectivity index (χ4n) is 1.63. The van der Waals surface area contributed by atoms with Crippen molar-refractivity contribution in [3.63, 3.8) is 0 Å². The minimum absolute atomic E-state index is 0.0550. The lowest BCUT2D eigenvalue weighted by molar-refractivity contribution is -0.121. The molecule has 1 amide bonds. The summed E-state index contributed by atoms with van der Waals surface area (Å²) in [5.41, 5.74) is 0. The fourth-order valence-corrected chi connectivity index (χ4v) is 1.63. The second-order valence-electron chi connectivity index (χ2n) is 4.32. The Kier molecular flexibility index (Phi) is 8.22. The fraction of sp³-hybridized carbons (Fsp3) is 0.533. The van der Waals surface area contributed by atoms with Crippen LogP contribution in [0.3, 0.4) is 0 Å². The van der Waals surface area contributed by atoms with E-state index in [1.807, 2.05) is 24.3 Å². The number of carbonyl (C=O) groups excluding carboxylic acids is 1. The summed E-state index contributed by atoms with van der Waals surface area (Å²) < 4.78 is 15.5. The Hall–Kier alpha value is -1.75. The van der Waals surface area contributed by atoms with E-state index in [-0.39, 0.29) is 5.91 Å². The van der Waals surface area contributed by atoms with Crippen LogP contribution in [0.5, 0.6) is 11.5 Å². The highest BCUT2D eigenvalue weighted by Gasteiger charge is 2.01. The zero-order valence-corrected chi connectivity index (χ0v) is 12.2. The molecule has 0 fully saturated rings. The molecule has 5 heteroatoms. The van der Waals surface area contributed by atoms with Crippen LogP contribution in [0.4, 0.5) is 0 Å². The summed E-state index contributed by atoms with van der Waals surface area (Å²) in [6.45, 7) is 1.85. The molecule has 0 radical (unpaired) electrons. The lowest BCUT2D eigenvalue weighted by Crippen LogP contribution is -2.25. The summed E-state index contributed by atoms with van der Waals surface area (Å²) in [6.07, 6.45) is 2.01. The van der Waals surface area contributed by atoms with E-state index in [1.54, 1.807) is 14.2 Å². The van der Waals surface area contributed by atoms with E-state index in [0.717, 1.165) is 17.9 Å². The van der Waals surface area contributed by atoms with Gasteiger partial charge in [0, 0.05) is 26.7 Å². The molecular weight excluding hydrogens is 258 g/mol. The van der Waals surface area contributed by atoms with Gasteiger partial charge in [-0.3, -0.25) is 4.79 Å². The lowest BCUT2D eigenvalue weighted by atomic mass is 10.3. The van der Waals surface area contributed by atoms with Crippen LogP contribution in [0.15, 0.2) is 24.3 Å². The third-order valence-corrected chi connectivity index (χ3v) is 2.72. The number of benzene rings is 1. The average Bonchev–Trinajstić information content (AvgIpc) is 2.49. The zero-order chi connectivity index (χ0) is 14.6. The Bertz CT molecular complexity index is 378. The van der Waals surface area contributed by atoms with Crippen molar-refractivity contribution in [1.82, 2.24) is 5.32 Å². The second-order valence-corrected chi connectivity index (χ2v) is 4.32. The topological polar surface area (TPSA) is 56.8 Å². The first-order valence-electron chi connectivity index (χ1n) is 6.78. The predicted octanol–water partition coefficient (Wildman–Crippen LogP) is 2.01. The molecule has 0 aromatic heterocycles. The van der Waals surface area contributed by atoms with Crippen LogP contribution >= 0.6 is 0 Å². The van der Waals surface area contributed by atoms with Crippen molar-refractivity contribution >= 4 is 5.91 Å². The van der Waals surface area contributed by atoms with Gasteiger partial charge in [-0.1, -0.05) is 0 Å². The summed E-state index contributed by atoms with van der Waals surface area (Å²) in [7, 11) is 3.28. The largest absolute Gasteiger partial charge is 0.497 e. The highest BCUT2D eigenvalue weighted by molar-refractivity contribution is 5.75. The number of methoxy groups -OCH3 is 2.